The fraction of sp³-hybridized carbons (Fsp3) is 0.414. The van der Waals surface area contributed by atoms with E-state index in [4.69, 9.17) is 9.47 Å². The molecular weight excluding hydrogens is 529 g/mol. The van der Waals surface area contributed by atoms with Crippen molar-refractivity contribution < 1.29 is 23.8 Å². The second-order valence-electron chi connectivity index (χ2n) is 10.3. The van der Waals surface area contributed by atoms with E-state index in [2.05, 4.69) is 25.4 Å². The molecule has 0 bridgehead atoms. The summed E-state index contributed by atoms with van der Waals surface area (Å²) in [5.74, 6) is -0.606. The number of ether oxygens (including phenoxy) is 2. The Kier molecular flexibility index (Phi) is 8.12. The molecule has 11 nitrogen and oxygen atoms in total. The topological polar surface area (TPSA) is 127 Å². The molecule has 0 saturated carbocycles. The van der Waals surface area contributed by atoms with Crippen LogP contribution in [0.1, 0.15) is 37.8 Å². The van der Waals surface area contributed by atoms with Gasteiger partial charge in [-0.25, -0.2) is 18.9 Å². The van der Waals surface area contributed by atoms with Crippen molar-refractivity contribution in [3.05, 3.63) is 60.4 Å². The van der Waals surface area contributed by atoms with Crippen molar-refractivity contribution in [2.24, 2.45) is 0 Å². The molecule has 6 rings (SSSR count). The molecule has 2 aliphatic rings. The van der Waals surface area contributed by atoms with E-state index in [9.17, 15) is 9.90 Å². The monoisotopic (exact) mass is 561 g/mol. The highest BCUT2D eigenvalue weighted by atomic mass is 19.1. The fourth-order valence-corrected chi connectivity index (χ4v) is 5.30. The summed E-state index contributed by atoms with van der Waals surface area (Å²) in [7, 11) is 0. The summed E-state index contributed by atoms with van der Waals surface area (Å²) >= 11 is 0. The first kappa shape index (κ1) is 27.2. The number of fused-ring (bicyclic) bond motifs is 1. The lowest BCUT2D eigenvalue weighted by Crippen LogP contribution is -2.46. The SMILES string of the molecule is O=C(CO)N1CCC[C@@H](Nc2nc(-c3cnn4ccccc34)nc(-c3ccnc(COC4CCCCO4)c3)c2F)C1. The summed E-state index contributed by atoms with van der Waals surface area (Å²) in [4.78, 5) is 27.4. The molecule has 6 heterocycles. The Morgan fingerprint density at radius 1 is 1.20 bits per heavy atom. The number of aromatic nitrogens is 5. The molecule has 41 heavy (non-hydrogen) atoms. The van der Waals surface area contributed by atoms with Crippen LogP contribution in [0.2, 0.25) is 0 Å². The van der Waals surface area contributed by atoms with Crippen molar-refractivity contribution in [3.8, 4) is 22.6 Å². The van der Waals surface area contributed by atoms with Crippen LogP contribution < -0.4 is 5.32 Å². The van der Waals surface area contributed by atoms with Gasteiger partial charge in [0.05, 0.1) is 29.6 Å². The van der Waals surface area contributed by atoms with Crippen LogP contribution in [-0.2, 0) is 20.9 Å². The van der Waals surface area contributed by atoms with Crippen LogP contribution in [0.3, 0.4) is 0 Å². The summed E-state index contributed by atoms with van der Waals surface area (Å²) in [6.07, 6.45) is 9.19. The number of piperidine rings is 1. The number of nitrogens with zero attached hydrogens (tertiary/aromatic N) is 6. The highest BCUT2D eigenvalue weighted by Crippen LogP contribution is 2.31. The first-order valence-corrected chi connectivity index (χ1v) is 13.9. The van der Waals surface area contributed by atoms with Gasteiger partial charge in [0.2, 0.25) is 5.91 Å². The molecule has 2 saturated heterocycles. The minimum atomic E-state index is -0.607. The van der Waals surface area contributed by atoms with E-state index in [1.165, 1.54) is 0 Å². The number of carbonyl (C=O) groups excluding carboxylic acids is 1. The van der Waals surface area contributed by atoms with Gasteiger partial charge in [-0.1, -0.05) is 6.07 Å². The van der Waals surface area contributed by atoms with Crippen molar-refractivity contribution in [3.63, 3.8) is 0 Å². The van der Waals surface area contributed by atoms with Crippen molar-refractivity contribution in [2.75, 3.05) is 31.6 Å². The van der Waals surface area contributed by atoms with E-state index in [0.717, 1.165) is 37.6 Å². The van der Waals surface area contributed by atoms with Gasteiger partial charge in [-0.2, -0.15) is 5.10 Å². The number of aliphatic hydroxyl groups is 1. The molecule has 2 atom stereocenters. The van der Waals surface area contributed by atoms with Crippen LogP contribution in [0.25, 0.3) is 28.2 Å². The lowest BCUT2D eigenvalue weighted by atomic mass is 10.1. The Hall–Kier alpha value is -4.00. The number of anilines is 1. The number of likely N-dealkylation sites (tertiary alicyclic amines) is 1. The summed E-state index contributed by atoms with van der Waals surface area (Å²) in [6, 6.07) is 8.89. The van der Waals surface area contributed by atoms with Crippen molar-refractivity contribution in [1.29, 1.82) is 0 Å². The lowest BCUT2D eigenvalue weighted by molar-refractivity contribution is -0.169. The van der Waals surface area contributed by atoms with Gasteiger partial charge in [-0.15, -0.1) is 0 Å². The molecule has 0 radical (unpaired) electrons. The first-order valence-electron chi connectivity index (χ1n) is 13.9. The second kappa shape index (κ2) is 12.2. The number of nitrogens with one attached hydrogen (secondary N) is 1. The quantitative estimate of drug-likeness (QED) is 0.333. The Labute approximate surface area is 236 Å². The third-order valence-electron chi connectivity index (χ3n) is 7.41. The molecule has 2 fully saturated rings. The van der Waals surface area contributed by atoms with Crippen LogP contribution in [-0.4, -0.2) is 79.1 Å². The van der Waals surface area contributed by atoms with Crippen LogP contribution in [0.4, 0.5) is 10.2 Å². The normalized spacial score (nSPS) is 19.4. The molecule has 4 aromatic heterocycles. The summed E-state index contributed by atoms with van der Waals surface area (Å²) < 4.78 is 29.4. The molecule has 1 amide bonds. The number of halogens is 1. The van der Waals surface area contributed by atoms with E-state index in [0.29, 0.717) is 42.3 Å². The predicted octanol–water partition coefficient (Wildman–Crippen LogP) is 3.43. The second-order valence-corrected chi connectivity index (χ2v) is 10.3. The van der Waals surface area contributed by atoms with Gasteiger partial charge in [0.1, 0.15) is 12.3 Å². The number of carbonyl (C=O) groups is 1. The largest absolute Gasteiger partial charge is 0.387 e. The molecular formula is C29H32FN7O4. The van der Waals surface area contributed by atoms with E-state index in [1.54, 1.807) is 33.9 Å². The number of hydrogen-bond donors (Lipinski definition) is 2. The smallest absolute Gasteiger partial charge is 0.248 e. The van der Waals surface area contributed by atoms with Gasteiger partial charge in [0.25, 0.3) is 0 Å². The Morgan fingerprint density at radius 3 is 2.98 bits per heavy atom. The van der Waals surface area contributed by atoms with Gasteiger partial charge in [-0.05, 0) is 56.4 Å². The highest BCUT2D eigenvalue weighted by molar-refractivity contribution is 5.79. The lowest BCUT2D eigenvalue weighted by Gasteiger charge is -2.33. The molecule has 2 N–H and O–H groups in total. The van der Waals surface area contributed by atoms with E-state index < -0.39 is 12.4 Å². The third kappa shape index (κ3) is 6.04. The van der Waals surface area contributed by atoms with Gasteiger partial charge < -0.3 is 24.8 Å². The molecule has 0 aromatic carbocycles. The molecule has 0 aliphatic carbocycles. The van der Waals surface area contributed by atoms with E-state index in [1.807, 2.05) is 24.4 Å². The first-order chi connectivity index (χ1) is 20.1. The Bertz CT molecular complexity index is 1520. The molecule has 4 aromatic rings. The number of amides is 1. The van der Waals surface area contributed by atoms with Gasteiger partial charge >= 0.3 is 0 Å². The van der Waals surface area contributed by atoms with E-state index in [-0.39, 0.29) is 36.4 Å². The fourth-order valence-electron chi connectivity index (χ4n) is 5.30. The average Bonchev–Trinajstić information content (AvgIpc) is 3.46. The molecule has 12 heteroatoms. The van der Waals surface area contributed by atoms with Crippen LogP contribution in [0.15, 0.2) is 48.9 Å². The third-order valence-corrected chi connectivity index (χ3v) is 7.41. The van der Waals surface area contributed by atoms with Crippen molar-refractivity contribution in [1.82, 2.24) is 29.5 Å². The number of aliphatic hydroxyl groups excluding tert-OH is 1. The zero-order valence-electron chi connectivity index (χ0n) is 22.6. The summed E-state index contributed by atoms with van der Waals surface area (Å²) in [5.41, 5.74) is 2.72. The highest BCUT2D eigenvalue weighted by Gasteiger charge is 2.26. The van der Waals surface area contributed by atoms with Crippen molar-refractivity contribution in [2.45, 2.75) is 51.0 Å². The molecule has 214 valence electrons. The molecule has 0 spiro atoms. The van der Waals surface area contributed by atoms with Crippen LogP contribution in [0.5, 0.6) is 0 Å². The standard InChI is InChI=1S/C29H32FN7O4/c30-26-27(19-9-10-31-21(14-19)18-41-25-8-2-4-13-40-25)34-28(22-15-32-37-12-3-1-7-23(22)37)35-29(26)33-20-6-5-11-36(16-20)24(39)17-38/h1,3,7,9-10,12,14-15,20,25,38H,2,4-6,8,11,13,16-18H2,(H,33,34,35)/t20-,25?/m1/s1. The summed E-state index contributed by atoms with van der Waals surface area (Å²) in [5, 5.41) is 16.9. The van der Waals surface area contributed by atoms with Crippen molar-refractivity contribution >= 4 is 17.2 Å². The zero-order chi connectivity index (χ0) is 28.2. The maximum Gasteiger partial charge on any atom is 0.248 e. The number of pyridine rings is 2. The number of hydrogen-bond acceptors (Lipinski definition) is 9. The molecule has 2 aliphatic heterocycles. The number of rotatable bonds is 8. The van der Waals surface area contributed by atoms with Crippen LogP contribution >= 0.6 is 0 Å². The predicted molar refractivity (Wildman–Crippen MR) is 148 cm³/mol. The average molecular weight is 562 g/mol. The zero-order valence-corrected chi connectivity index (χ0v) is 22.6. The van der Waals surface area contributed by atoms with Gasteiger partial charge in [0.15, 0.2) is 23.7 Å². The van der Waals surface area contributed by atoms with Crippen LogP contribution in [0, 0.1) is 5.82 Å². The van der Waals surface area contributed by atoms with Gasteiger partial charge in [0, 0.05) is 43.7 Å². The van der Waals surface area contributed by atoms with E-state index >= 15 is 4.39 Å². The summed E-state index contributed by atoms with van der Waals surface area (Å²) in [6.45, 7) is 1.24. The van der Waals surface area contributed by atoms with Gasteiger partial charge in [-0.3, -0.25) is 9.78 Å². The molecule has 1 unspecified atom stereocenters. The Balaban J connectivity index is 1.35. The minimum Gasteiger partial charge on any atom is -0.387 e. The Morgan fingerprint density at radius 2 is 2.12 bits per heavy atom. The maximum absolute atomic E-state index is 16.2. The minimum absolute atomic E-state index is 0.0359. The maximum atomic E-state index is 16.2.